The van der Waals surface area contributed by atoms with Gasteiger partial charge in [0, 0.05) is 12.4 Å². The number of rotatable bonds is 4. The van der Waals surface area contributed by atoms with Crippen LogP contribution in [-0.4, -0.2) is 37.3 Å². The van der Waals surface area contributed by atoms with E-state index in [9.17, 15) is 4.79 Å². The maximum atomic E-state index is 11.4. The van der Waals surface area contributed by atoms with Crippen LogP contribution in [0.15, 0.2) is 10.5 Å². The summed E-state index contributed by atoms with van der Waals surface area (Å²) in [6.07, 6.45) is 0. The number of anilines is 1. The molecule has 96 valence electrons. The minimum atomic E-state index is -0.353. The number of nitrogens with one attached hydrogen (secondary N) is 1. The van der Waals surface area contributed by atoms with Crippen molar-refractivity contribution >= 4 is 28.1 Å². The Morgan fingerprint density at radius 3 is 2.71 bits per heavy atom. The van der Waals surface area contributed by atoms with Gasteiger partial charge in [-0.25, -0.2) is 4.98 Å². The largest absolute Gasteiger partial charge is 0.395 e. The van der Waals surface area contributed by atoms with Crippen molar-refractivity contribution in [1.29, 1.82) is 0 Å². The molecule has 0 fully saturated rings. The molecule has 0 aliphatic carbocycles. The van der Waals surface area contributed by atoms with Crippen LogP contribution in [0.2, 0.25) is 0 Å². The molecule has 0 saturated carbocycles. The lowest BCUT2D eigenvalue weighted by atomic mass is 10.3. The highest BCUT2D eigenvalue weighted by molar-refractivity contribution is 7.13. The summed E-state index contributed by atoms with van der Waals surface area (Å²) < 4.78 is 0. The van der Waals surface area contributed by atoms with Gasteiger partial charge in [0.2, 0.25) is 0 Å². The Balaban J connectivity index is 0.00000121. The van der Waals surface area contributed by atoms with Gasteiger partial charge in [0.1, 0.15) is 12.3 Å². The highest BCUT2D eigenvalue weighted by Gasteiger charge is 2.16. The first kappa shape index (κ1) is 15.3. The Morgan fingerprint density at radius 2 is 2.29 bits per heavy atom. The van der Waals surface area contributed by atoms with E-state index in [1.54, 1.807) is 12.3 Å². The fourth-order valence-electron chi connectivity index (χ4n) is 0.848. The van der Waals surface area contributed by atoms with Crippen LogP contribution in [-0.2, 0) is 9.63 Å². The summed E-state index contributed by atoms with van der Waals surface area (Å²) in [7, 11) is 3.01. The van der Waals surface area contributed by atoms with Gasteiger partial charge in [0.05, 0.1) is 0 Å². The van der Waals surface area contributed by atoms with Gasteiger partial charge in [-0.15, -0.1) is 11.3 Å². The number of thiazole rings is 1. The van der Waals surface area contributed by atoms with E-state index in [0.717, 1.165) is 0 Å². The van der Waals surface area contributed by atoms with Crippen molar-refractivity contribution in [2.45, 2.75) is 6.92 Å². The third-order valence-electron chi connectivity index (χ3n) is 1.49. The van der Waals surface area contributed by atoms with Crippen molar-refractivity contribution in [3.05, 3.63) is 11.1 Å². The molecule has 17 heavy (non-hydrogen) atoms. The molecule has 0 spiro atoms. The second-order valence-corrected chi connectivity index (χ2v) is 3.40. The first-order valence-electron chi connectivity index (χ1n) is 4.90. The average Bonchev–Trinajstić information content (AvgIpc) is 2.78. The molecule has 1 aromatic heterocycles. The van der Waals surface area contributed by atoms with E-state index in [1.165, 1.54) is 25.4 Å². The number of nitrogen functional groups attached to an aromatic ring is 1. The molecular formula is C9H17N5O2S. The van der Waals surface area contributed by atoms with Gasteiger partial charge in [-0.05, 0) is 14.0 Å². The predicted octanol–water partition coefficient (Wildman–Crippen LogP) is -0.213. The fourth-order valence-corrected chi connectivity index (χ4v) is 1.40. The Kier molecular flexibility index (Phi) is 7.65. The summed E-state index contributed by atoms with van der Waals surface area (Å²) in [5.74, 6) is -0.353. The molecule has 0 aliphatic heterocycles. The second kappa shape index (κ2) is 8.48. The van der Waals surface area contributed by atoms with Crippen molar-refractivity contribution in [2.75, 3.05) is 26.4 Å². The molecule has 8 heteroatoms. The van der Waals surface area contributed by atoms with E-state index in [-0.39, 0.29) is 11.6 Å². The molecule has 0 radical (unpaired) electrons. The summed E-state index contributed by atoms with van der Waals surface area (Å²) in [6, 6.07) is 0. The number of oxime groups is 1. The molecule has 1 amide bonds. The molecule has 5 N–H and O–H groups in total. The van der Waals surface area contributed by atoms with Crippen LogP contribution in [0.5, 0.6) is 0 Å². The molecular weight excluding hydrogens is 242 g/mol. The molecule has 0 atom stereocenters. The summed E-state index contributed by atoms with van der Waals surface area (Å²) in [4.78, 5) is 20.2. The summed E-state index contributed by atoms with van der Waals surface area (Å²) >= 11 is 1.24. The number of nitrogens with two attached hydrogens (primary N) is 2. The molecule has 1 heterocycles. The predicted molar refractivity (Wildman–Crippen MR) is 68.9 cm³/mol. The Morgan fingerprint density at radius 1 is 1.65 bits per heavy atom. The molecule has 0 aromatic carbocycles. The lowest BCUT2D eigenvalue weighted by Crippen LogP contribution is -2.28. The van der Waals surface area contributed by atoms with Crippen LogP contribution in [0.3, 0.4) is 0 Å². The van der Waals surface area contributed by atoms with Gasteiger partial charge in [0.15, 0.2) is 10.8 Å². The SMILES string of the molecule is CCO/N=C(\C(=O)NC)c1csc(N)n1.CN. The highest BCUT2D eigenvalue weighted by Crippen LogP contribution is 2.12. The zero-order chi connectivity index (χ0) is 13.3. The van der Waals surface area contributed by atoms with Gasteiger partial charge >= 0.3 is 0 Å². The number of carbonyl (C=O) groups is 1. The summed E-state index contributed by atoms with van der Waals surface area (Å²) in [6.45, 7) is 2.17. The maximum Gasteiger partial charge on any atom is 0.275 e. The van der Waals surface area contributed by atoms with Crippen LogP contribution < -0.4 is 16.8 Å². The first-order valence-corrected chi connectivity index (χ1v) is 5.78. The third kappa shape index (κ3) is 4.79. The van der Waals surface area contributed by atoms with Crippen LogP contribution in [0.25, 0.3) is 0 Å². The van der Waals surface area contributed by atoms with Gasteiger partial charge < -0.3 is 21.6 Å². The van der Waals surface area contributed by atoms with E-state index in [0.29, 0.717) is 17.4 Å². The van der Waals surface area contributed by atoms with E-state index >= 15 is 0 Å². The van der Waals surface area contributed by atoms with E-state index in [4.69, 9.17) is 10.6 Å². The molecule has 0 aliphatic rings. The van der Waals surface area contributed by atoms with Crippen LogP contribution >= 0.6 is 11.3 Å². The van der Waals surface area contributed by atoms with Gasteiger partial charge in [-0.2, -0.15) is 0 Å². The lowest BCUT2D eigenvalue weighted by Gasteiger charge is -2.01. The number of amides is 1. The van der Waals surface area contributed by atoms with Crippen molar-refractivity contribution in [3.8, 4) is 0 Å². The maximum absolute atomic E-state index is 11.4. The number of hydrogen-bond donors (Lipinski definition) is 3. The molecule has 7 nitrogen and oxygen atoms in total. The lowest BCUT2D eigenvalue weighted by molar-refractivity contribution is -0.114. The summed E-state index contributed by atoms with van der Waals surface area (Å²) in [5.41, 5.74) is 10.5. The van der Waals surface area contributed by atoms with Crippen molar-refractivity contribution in [3.63, 3.8) is 0 Å². The standard InChI is InChI=1S/C8H12N4O2S.CH5N/c1-3-14-12-6(7(13)10-2)5-4-15-8(9)11-5;1-2/h4H,3H2,1-2H3,(H2,9,11)(H,10,13);2H2,1H3/b12-6-;. The zero-order valence-electron chi connectivity index (χ0n) is 10.1. The third-order valence-corrected chi connectivity index (χ3v) is 2.17. The topological polar surface area (TPSA) is 116 Å². The fraction of sp³-hybridized carbons (Fsp3) is 0.444. The van der Waals surface area contributed by atoms with Gasteiger partial charge in [-0.3, -0.25) is 4.79 Å². The van der Waals surface area contributed by atoms with Crippen LogP contribution in [0, 0.1) is 0 Å². The Hall–Kier alpha value is -1.67. The zero-order valence-corrected chi connectivity index (χ0v) is 10.9. The molecule has 1 aromatic rings. The number of carbonyl (C=O) groups excluding carboxylic acids is 1. The number of nitrogens with zero attached hydrogens (tertiary/aromatic N) is 2. The Labute approximate surface area is 104 Å². The molecule has 0 saturated heterocycles. The Bertz CT molecular complexity index is 377. The quantitative estimate of drug-likeness (QED) is 0.511. The number of likely N-dealkylation sites (N-methyl/N-ethyl adjacent to an activating group) is 1. The van der Waals surface area contributed by atoms with Crippen molar-refractivity contribution < 1.29 is 9.63 Å². The number of aromatic nitrogens is 1. The smallest absolute Gasteiger partial charge is 0.275 e. The van der Waals surface area contributed by atoms with Gasteiger partial charge in [0.25, 0.3) is 5.91 Å². The second-order valence-electron chi connectivity index (χ2n) is 2.51. The average molecular weight is 259 g/mol. The number of hydrogen-bond acceptors (Lipinski definition) is 7. The van der Waals surface area contributed by atoms with Crippen LogP contribution in [0.1, 0.15) is 12.6 Å². The highest BCUT2D eigenvalue weighted by atomic mass is 32.1. The minimum absolute atomic E-state index is 0.132. The normalized spacial score (nSPS) is 10.2. The monoisotopic (exact) mass is 259 g/mol. The van der Waals surface area contributed by atoms with E-state index in [1.807, 2.05) is 0 Å². The molecule has 0 unspecified atom stereocenters. The minimum Gasteiger partial charge on any atom is -0.395 e. The van der Waals surface area contributed by atoms with Crippen LogP contribution in [0.4, 0.5) is 5.13 Å². The van der Waals surface area contributed by atoms with Gasteiger partial charge in [-0.1, -0.05) is 5.16 Å². The van der Waals surface area contributed by atoms with Crippen molar-refractivity contribution in [2.24, 2.45) is 10.9 Å². The molecule has 0 bridgehead atoms. The van der Waals surface area contributed by atoms with E-state index in [2.05, 4.69) is 21.2 Å². The van der Waals surface area contributed by atoms with Crippen molar-refractivity contribution in [1.82, 2.24) is 10.3 Å². The first-order chi connectivity index (χ1) is 8.19. The summed E-state index contributed by atoms with van der Waals surface area (Å²) in [5, 5.41) is 8.19. The molecule has 1 rings (SSSR count). The van der Waals surface area contributed by atoms with E-state index < -0.39 is 0 Å².